The monoisotopic (exact) mass is 295 g/mol. The van der Waals surface area contributed by atoms with Gasteiger partial charge in [0.2, 0.25) is 0 Å². The van der Waals surface area contributed by atoms with Crippen LogP contribution in [0.1, 0.15) is 13.8 Å². The van der Waals surface area contributed by atoms with Crippen molar-refractivity contribution < 1.29 is 24.2 Å². The zero-order chi connectivity index (χ0) is 15.8. The molecule has 0 bridgehead atoms. The standard InChI is InChI=1S/C15H21NO5/c1-11(2)8-16(9-15(18)19)14(17)10-21-13-6-4-5-12(7-13)20-3/h4-7,11H,8-10H2,1-3H3,(H,18,19). The minimum absolute atomic E-state index is 0.185. The van der Waals surface area contributed by atoms with Crippen LogP contribution in [0.25, 0.3) is 0 Å². The lowest BCUT2D eigenvalue weighted by molar-refractivity contribution is -0.145. The van der Waals surface area contributed by atoms with Gasteiger partial charge in [0, 0.05) is 12.6 Å². The average molecular weight is 295 g/mol. The number of methoxy groups -OCH3 is 1. The molecule has 0 saturated heterocycles. The number of benzene rings is 1. The Balaban J connectivity index is 2.61. The molecule has 0 aliphatic heterocycles. The Labute approximate surface area is 124 Å². The molecule has 0 unspecified atom stereocenters. The van der Waals surface area contributed by atoms with Gasteiger partial charge in [-0.2, -0.15) is 0 Å². The second-order valence-corrected chi connectivity index (χ2v) is 5.03. The smallest absolute Gasteiger partial charge is 0.323 e. The summed E-state index contributed by atoms with van der Waals surface area (Å²) < 4.78 is 10.5. The fraction of sp³-hybridized carbons (Fsp3) is 0.467. The van der Waals surface area contributed by atoms with E-state index in [1.54, 1.807) is 31.4 Å². The van der Waals surface area contributed by atoms with Crippen molar-refractivity contribution in [2.75, 3.05) is 26.8 Å². The van der Waals surface area contributed by atoms with E-state index in [9.17, 15) is 9.59 Å². The van der Waals surface area contributed by atoms with Crippen LogP contribution in [0.2, 0.25) is 0 Å². The molecule has 0 spiro atoms. The van der Waals surface area contributed by atoms with Gasteiger partial charge in [-0.1, -0.05) is 19.9 Å². The maximum atomic E-state index is 12.0. The van der Waals surface area contributed by atoms with Gasteiger partial charge in [-0.05, 0) is 18.1 Å². The van der Waals surface area contributed by atoms with E-state index in [2.05, 4.69) is 0 Å². The molecule has 0 saturated carbocycles. The number of nitrogens with zero attached hydrogens (tertiary/aromatic N) is 1. The van der Waals surface area contributed by atoms with Crippen molar-refractivity contribution in [2.45, 2.75) is 13.8 Å². The highest BCUT2D eigenvalue weighted by Gasteiger charge is 2.18. The van der Waals surface area contributed by atoms with E-state index in [4.69, 9.17) is 14.6 Å². The lowest BCUT2D eigenvalue weighted by atomic mass is 10.2. The highest BCUT2D eigenvalue weighted by molar-refractivity contribution is 5.82. The van der Waals surface area contributed by atoms with E-state index < -0.39 is 5.97 Å². The van der Waals surface area contributed by atoms with Gasteiger partial charge < -0.3 is 19.5 Å². The van der Waals surface area contributed by atoms with Gasteiger partial charge in [-0.3, -0.25) is 9.59 Å². The summed E-state index contributed by atoms with van der Waals surface area (Å²) in [6.45, 7) is 3.70. The Morgan fingerprint density at radius 1 is 1.29 bits per heavy atom. The highest BCUT2D eigenvalue weighted by atomic mass is 16.5. The van der Waals surface area contributed by atoms with Gasteiger partial charge in [0.15, 0.2) is 6.61 Å². The van der Waals surface area contributed by atoms with E-state index in [0.29, 0.717) is 18.0 Å². The molecule has 0 radical (unpaired) electrons. The van der Waals surface area contributed by atoms with Crippen molar-refractivity contribution in [1.29, 1.82) is 0 Å². The first kappa shape index (κ1) is 16.8. The van der Waals surface area contributed by atoms with Crippen LogP contribution < -0.4 is 9.47 Å². The van der Waals surface area contributed by atoms with Crippen LogP contribution in [0, 0.1) is 5.92 Å². The third-order valence-electron chi connectivity index (χ3n) is 2.67. The summed E-state index contributed by atoms with van der Waals surface area (Å²) in [6.07, 6.45) is 0. The van der Waals surface area contributed by atoms with E-state index >= 15 is 0 Å². The second-order valence-electron chi connectivity index (χ2n) is 5.03. The van der Waals surface area contributed by atoms with Gasteiger partial charge in [0.05, 0.1) is 7.11 Å². The number of hydrogen-bond donors (Lipinski definition) is 1. The minimum atomic E-state index is -1.04. The molecule has 0 aliphatic carbocycles. The van der Waals surface area contributed by atoms with Crippen molar-refractivity contribution in [3.05, 3.63) is 24.3 Å². The van der Waals surface area contributed by atoms with Crippen molar-refractivity contribution in [1.82, 2.24) is 4.90 Å². The number of rotatable bonds is 8. The second kappa shape index (κ2) is 8.14. The van der Waals surface area contributed by atoms with Crippen LogP contribution in [0.4, 0.5) is 0 Å². The molecule has 21 heavy (non-hydrogen) atoms. The third-order valence-corrected chi connectivity index (χ3v) is 2.67. The van der Waals surface area contributed by atoms with Crippen molar-refractivity contribution >= 4 is 11.9 Å². The number of hydrogen-bond acceptors (Lipinski definition) is 4. The normalized spacial score (nSPS) is 10.3. The Morgan fingerprint density at radius 3 is 2.52 bits per heavy atom. The molecule has 116 valence electrons. The molecule has 6 heteroatoms. The summed E-state index contributed by atoms with van der Waals surface area (Å²) in [5.41, 5.74) is 0. The molecule has 6 nitrogen and oxygen atoms in total. The third kappa shape index (κ3) is 6.16. The summed E-state index contributed by atoms with van der Waals surface area (Å²) in [5.74, 6) is -0.0727. The Hall–Kier alpha value is -2.24. The molecule has 0 aromatic heterocycles. The first-order chi connectivity index (χ1) is 9.92. The minimum Gasteiger partial charge on any atom is -0.497 e. The van der Waals surface area contributed by atoms with Crippen molar-refractivity contribution in [3.63, 3.8) is 0 Å². The summed E-state index contributed by atoms with van der Waals surface area (Å²) >= 11 is 0. The molecule has 1 N–H and O–H groups in total. The average Bonchev–Trinajstić information content (AvgIpc) is 2.43. The van der Waals surface area contributed by atoms with Gasteiger partial charge in [0.1, 0.15) is 18.0 Å². The molecule has 0 atom stereocenters. The topological polar surface area (TPSA) is 76.1 Å². The van der Waals surface area contributed by atoms with Crippen LogP contribution in [0.3, 0.4) is 0 Å². The molecule has 1 amide bonds. The van der Waals surface area contributed by atoms with Gasteiger partial charge in [-0.25, -0.2) is 0 Å². The van der Waals surface area contributed by atoms with Gasteiger partial charge in [-0.15, -0.1) is 0 Å². The zero-order valence-electron chi connectivity index (χ0n) is 12.5. The zero-order valence-corrected chi connectivity index (χ0v) is 12.5. The Morgan fingerprint density at radius 2 is 1.95 bits per heavy atom. The Kier molecular flexibility index (Phi) is 6.52. The highest BCUT2D eigenvalue weighted by Crippen LogP contribution is 2.18. The maximum Gasteiger partial charge on any atom is 0.323 e. The predicted octanol–water partition coefficient (Wildman–Crippen LogP) is 1.64. The molecule has 0 fully saturated rings. The van der Waals surface area contributed by atoms with Crippen LogP contribution in [-0.4, -0.2) is 48.7 Å². The largest absolute Gasteiger partial charge is 0.497 e. The van der Waals surface area contributed by atoms with Crippen LogP contribution in [0.5, 0.6) is 11.5 Å². The van der Waals surface area contributed by atoms with E-state index in [1.807, 2.05) is 13.8 Å². The molecule has 0 aliphatic rings. The maximum absolute atomic E-state index is 12.0. The molecular formula is C15H21NO5. The number of carbonyl (C=O) groups is 2. The first-order valence-electron chi connectivity index (χ1n) is 6.68. The van der Waals surface area contributed by atoms with Gasteiger partial charge >= 0.3 is 5.97 Å². The fourth-order valence-corrected chi connectivity index (χ4v) is 1.79. The van der Waals surface area contributed by atoms with E-state index in [0.717, 1.165) is 0 Å². The lowest BCUT2D eigenvalue weighted by Gasteiger charge is -2.22. The predicted molar refractivity (Wildman–Crippen MR) is 77.5 cm³/mol. The number of ether oxygens (including phenoxy) is 2. The van der Waals surface area contributed by atoms with Gasteiger partial charge in [0.25, 0.3) is 5.91 Å². The first-order valence-corrected chi connectivity index (χ1v) is 6.68. The van der Waals surface area contributed by atoms with Crippen molar-refractivity contribution in [2.24, 2.45) is 5.92 Å². The summed E-state index contributed by atoms with van der Waals surface area (Å²) in [4.78, 5) is 24.1. The molecular weight excluding hydrogens is 274 g/mol. The SMILES string of the molecule is COc1cccc(OCC(=O)N(CC(=O)O)CC(C)C)c1. The number of amides is 1. The number of carbonyl (C=O) groups excluding carboxylic acids is 1. The fourth-order valence-electron chi connectivity index (χ4n) is 1.79. The quantitative estimate of drug-likeness (QED) is 0.789. The summed E-state index contributed by atoms with van der Waals surface area (Å²) in [5, 5.41) is 8.85. The van der Waals surface area contributed by atoms with Crippen LogP contribution in [0.15, 0.2) is 24.3 Å². The molecule has 1 aromatic carbocycles. The summed E-state index contributed by atoms with van der Waals surface area (Å²) in [7, 11) is 1.54. The number of carboxylic acid groups (broad SMARTS) is 1. The molecule has 1 aromatic rings. The van der Waals surface area contributed by atoms with Crippen LogP contribution in [-0.2, 0) is 9.59 Å². The van der Waals surface area contributed by atoms with E-state index in [-0.39, 0.29) is 25.0 Å². The van der Waals surface area contributed by atoms with E-state index in [1.165, 1.54) is 4.90 Å². The van der Waals surface area contributed by atoms with Crippen LogP contribution >= 0.6 is 0 Å². The lowest BCUT2D eigenvalue weighted by Crippen LogP contribution is -2.40. The number of aliphatic carboxylic acids is 1. The molecule has 1 rings (SSSR count). The Bertz CT molecular complexity index is 487. The summed E-state index contributed by atoms with van der Waals surface area (Å²) in [6, 6.07) is 6.89. The van der Waals surface area contributed by atoms with Crippen molar-refractivity contribution in [3.8, 4) is 11.5 Å². The number of carboxylic acids is 1. The molecule has 0 heterocycles.